The van der Waals surface area contributed by atoms with Crippen molar-refractivity contribution in [3.05, 3.63) is 169 Å². The molecule has 0 fully saturated rings. The summed E-state index contributed by atoms with van der Waals surface area (Å²) in [6.07, 6.45) is 7.59. The van der Waals surface area contributed by atoms with Gasteiger partial charge in [-0.15, -0.1) is 0 Å². The molecule has 4 heteroatoms. The average Bonchev–Trinajstić information content (AvgIpc) is 3.54. The Morgan fingerprint density at radius 1 is 0.532 bits per heavy atom. The Labute approximate surface area is 272 Å². The van der Waals surface area contributed by atoms with Crippen molar-refractivity contribution >= 4 is 38.3 Å². The summed E-state index contributed by atoms with van der Waals surface area (Å²) in [6, 6.07) is 48.4. The summed E-state index contributed by atoms with van der Waals surface area (Å²) in [6.45, 7) is 0. The number of aromatic nitrogens is 3. The fraction of sp³-hybridized carbons (Fsp3) is 0.0465. The smallest absolute Gasteiger partial charge is 0.164 e. The molecular formula is C43H29N3O. The lowest BCUT2D eigenvalue weighted by Crippen LogP contribution is -2.05. The van der Waals surface area contributed by atoms with E-state index >= 15 is 0 Å². The Morgan fingerprint density at radius 3 is 2.06 bits per heavy atom. The molecule has 2 aromatic heterocycles. The Balaban J connectivity index is 1.22. The predicted molar refractivity (Wildman–Crippen MR) is 192 cm³/mol. The van der Waals surface area contributed by atoms with Gasteiger partial charge in [0.05, 0.1) is 0 Å². The maximum absolute atomic E-state index is 6.24. The molecule has 0 bridgehead atoms. The van der Waals surface area contributed by atoms with Crippen LogP contribution in [0.2, 0.25) is 0 Å². The van der Waals surface area contributed by atoms with Gasteiger partial charge in [-0.05, 0) is 58.1 Å². The molecule has 8 aromatic rings. The minimum atomic E-state index is 0.251. The van der Waals surface area contributed by atoms with Crippen molar-refractivity contribution in [2.45, 2.75) is 12.3 Å². The topological polar surface area (TPSA) is 51.8 Å². The molecule has 0 aliphatic heterocycles. The van der Waals surface area contributed by atoms with E-state index in [1.807, 2.05) is 36.4 Å². The van der Waals surface area contributed by atoms with E-state index in [4.69, 9.17) is 19.4 Å². The standard InChI is InChI=1S/C43H29N3O/c1-3-11-28(12-4-1)30-15-9-16-34(26-30)41-44-42(35-24-23-32-25-31(21-22-33(32)27-35)29-13-5-2-6-14-29)46-43(45-41)37-18-10-20-39-40(37)36-17-7-8-19-38(36)47-39/h1-14,16-27,30H,15H2. The number of hydrogen-bond acceptors (Lipinski definition) is 4. The van der Waals surface area contributed by atoms with Crippen LogP contribution >= 0.6 is 0 Å². The third-order valence-electron chi connectivity index (χ3n) is 9.04. The minimum Gasteiger partial charge on any atom is -0.456 e. The van der Waals surface area contributed by atoms with E-state index in [2.05, 4.69) is 121 Å². The van der Waals surface area contributed by atoms with Crippen molar-refractivity contribution < 1.29 is 4.42 Å². The SMILES string of the molecule is C1=CC(c2nc(-c3ccc4cc(-c5ccccc5)ccc4c3)nc(-c3cccc4oc5ccccc5c34)n2)=CC(c2ccccc2)C1. The number of benzene rings is 6. The number of fused-ring (bicyclic) bond motifs is 4. The quantitative estimate of drug-likeness (QED) is 0.196. The first-order valence-electron chi connectivity index (χ1n) is 16.0. The molecule has 47 heavy (non-hydrogen) atoms. The highest BCUT2D eigenvalue weighted by Gasteiger charge is 2.20. The number of hydrogen-bond donors (Lipinski definition) is 0. The number of furan rings is 1. The van der Waals surface area contributed by atoms with Gasteiger partial charge in [0.25, 0.3) is 0 Å². The fourth-order valence-electron chi connectivity index (χ4n) is 6.67. The first kappa shape index (κ1) is 27.2. The molecule has 0 spiro atoms. The van der Waals surface area contributed by atoms with Gasteiger partial charge >= 0.3 is 0 Å². The van der Waals surface area contributed by atoms with E-state index in [9.17, 15) is 0 Å². The van der Waals surface area contributed by atoms with Crippen LogP contribution in [0.3, 0.4) is 0 Å². The van der Waals surface area contributed by atoms with E-state index < -0.39 is 0 Å². The molecule has 0 amide bonds. The van der Waals surface area contributed by atoms with Crippen LogP contribution in [0, 0.1) is 0 Å². The van der Waals surface area contributed by atoms with Crippen LogP contribution in [-0.2, 0) is 0 Å². The normalized spacial score (nSPS) is 14.6. The van der Waals surface area contributed by atoms with Gasteiger partial charge in [0, 0.05) is 33.4 Å². The van der Waals surface area contributed by atoms with Gasteiger partial charge in [0.2, 0.25) is 0 Å². The molecular weight excluding hydrogens is 574 g/mol. The number of allylic oxidation sites excluding steroid dienone is 4. The number of rotatable bonds is 5. The molecule has 9 rings (SSSR count). The summed E-state index contributed by atoms with van der Waals surface area (Å²) in [5, 5.41) is 4.35. The molecule has 1 aliphatic carbocycles. The van der Waals surface area contributed by atoms with Crippen molar-refractivity contribution in [2.75, 3.05) is 0 Å². The largest absolute Gasteiger partial charge is 0.456 e. The highest BCUT2D eigenvalue weighted by atomic mass is 16.3. The lowest BCUT2D eigenvalue weighted by molar-refractivity contribution is 0.669. The maximum atomic E-state index is 6.24. The second kappa shape index (κ2) is 11.3. The van der Waals surface area contributed by atoms with Gasteiger partial charge < -0.3 is 4.42 Å². The zero-order valence-corrected chi connectivity index (χ0v) is 25.5. The molecule has 1 aliphatic rings. The van der Waals surface area contributed by atoms with Crippen LogP contribution in [0.4, 0.5) is 0 Å². The van der Waals surface area contributed by atoms with Gasteiger partial charge in [0.15, 0.2) is 17.5 Å². The molecule has 0 radical (unpaired) electrons. The molecule has 2 heterocycles. The van der Waals surface area contributed by atoms with Gasteiger partial charge in [-0.25, -0.2) is 15.0 Å². The van der Waals surface area contributed by atoms with E-state index in [0.717, 1.165) is 50.4 Å². The molecule has 6 aromatic carbocycles. The molecule has 1 atom stereocenters. The Bertz CT molecular complexity index is 2490. The van der Waals surface area contributed by atoms with Gasteiger partial charge in [0.1, 0.15) is 11.2 Å². The molecule has 1 unspecified atom stereocenters. The summed E-state index contributed by atoms with van der Waals surface area (Å²) in [4.78, 5) is 15.4. The van der Waals surface area contributed by atoms with Gasteiger partial charge in [-0.3, -0.25) is 0 Å². The second-order valence-electron chi connectivity index (χ2n) is 12.0. The summed E-state index contributed by atoms with van der Waals surface area (Å²) in [5.74, 6) is 2.17. The van der Waals surface area contributed by atoms with Gasteiger partial charge in [-0.2, -0.15) is 0 Å². The fourth-order valence-corrected chi connectivity index (χ4v) is 6.67. The van der Waals surface area contributed by atoms with Crippen LogP contribution in [0.25, 0.3) is 72.2 Å². The van der Waals surface area contributed by atoms with Crippen LogP contribution in [0.15, 0.2) is 162 Å². The first-order valence-corrected chi connectivity index (χ1v) is 16.0. The zero-order valence-electron chi connectivity index (χ0n) is 25.5. The van der Waals surface area contributed by atoms with Crippen LogP contribution in [0.1, 0.15) is 23.7 Å². The minimum absolute atomic E-state index is 0.251. The van der Waals surface area contributed by atoms with Crippen molar-refractivity contribution in [2.24, 2.45) is 0 Å². The summed E-state index contributed by atoms with van der Waals surface area (Å²) in [5.41, 5.74) is 8.19. The highest BCUT2D eigenvalue weighted by Crippen LogP contribution is 2.37. The number of nitrogens with zero attached hydrogens (tertiary/aromatic N) is 3. The zero-order chi connectivity index (χ0) is 31.2. The van der Waals surface area contributed by atoms with Crippen molar-refractivity contribution in [3.63, 3.8) is 0 Å². The second-order valence-corrected chi connectivity index (χ2v) is 12.0. The summed E-state index contributed by atoms with van der Waals surface area (Å²) < 4.78 is 6.24. The highest BCUT2D eigenvalue weighted by molar-refractivity contribution is 6.11. The molecule has 222 valence electrons. The van der Waals surface area contributed by atoms with Crippen LogP contribution < -0.4 is 0 Å². The molecule has 4 nitrogen and oxygen atoms in total. The van der Waals surface area contributed by atoms with Crippen LogP contribution in [0.5, 0.6) is 0 Å². The van der Waals surface area contributed by atoms with E-state index in [1.165, 1.54) is 22.1 Å². The number of para-hydroxylation sites is 1. The predicted octanol–water partition coefficient (Wildman–Crippen LogP) is 11.1. The third-order valence-corrected chi connectivity index (χ3v) is 9.04. The third kappa shape index (κ3) is 5.01. The Morgan fingerprint density at radius 2 is 1.21 bits per heavy atom. The van der Waals surface area contributed by atoms with E-state index in [0.29, 0.717) is 17.5 Å². The van der Waals surface area contributed by atoms with Crippen molar-refractivity contribution in [1.82, 2.24) is 15.0 Å². The van der Waals surface area contributed by atoms with E-state index in [-0.39, 0.29) is 5.92 Å². The van der Waals surface area contributed by atoms with Gasteiger partial charge in [-0.1, -0.05) is 133 Å². The van der Waals surface area contributed by atoms with Crippen molar-refractivity contribution in [1.29, 1.82) is 0 Å². The molecule has 0 saturated heterocycles. The Kier molecular flexibility index (Phi) is 6.57. The van der Waals surface area contributed by atoms with E-state index in [1.54, 1.807) is 0 Å². The average molecular weight is 604 g/mol. The maximum Gasteiger partial charge on any atom is 0.164 e. The Hall–Kier alpha value is -6.13. The summed E-state index contributed by atoms with van der Waals surface area (Å²) in [7, 11) is 0. The lowest BCUT2D eigenvalue weighted by atomic mass is 9.89. The molecule has 0 N–H and O–H groups in total. The summed E-state index contributed by atoms with van der Waals surface area (Å²) >= 11 is 0. The molecule has 0 saturated carbocycles. The first-order chi connectivity index (χ1) is 23.3. The van der Waals surface area contributed by atoms with Crippen molar-refractivity contribution in [3.8, 4) is 33.9 Å². The van der Waals surface area contributed by atoms with Crippen LogP contribution in [-0.4, -0.2) is 15.0 Å². The lowest BCUT2D eigenvalue weighted by Gasteiger charge is -2.17. The monoisotopic (exact) mass is 603 g/mol.